The molecular formula is C15H23NOS. The average molecular weight is 265 g/mol. The van der Waals surface area contributed by atoms with Gasteiger partial charge in [0.15, 0.2) is 0 Å². The predicted molar refractivity (Wildman–Crippen MR) is 79.1 cm³/mol. The number of hydrogen-bond acceptors (Lipinski definition) is 3. The van der Waals surface area contributed by atoms with Crippen molar-refractivity contribution in [2.24, 2.45) is 5.92 Å². The molecule has 0 aromatic heterocycles. The van der Waals surface area contributed by atoms with Crippen LogP contribution in [0.2, 0.25) is 0 Å². The number of rotatable bonds is 6. The first-order valence-corrected chi connectivity index (χ1v) is 7.88. The van der Waals surface area contributed by atoms with Crippen LogP contribution in [0.4, 0.5) is 0 Å². The van der Waals surface area contributed by atoms with Gasteiger partial charge in [0, 0.05) is 12.3 Å². The Hall–Kier alpha value is -0.510. The van der Waals surface area contributed by atoms with Crippen LogP contribution in [-0.2, 0) is 6.42 Å². The molecule has 1 aliphatic rings. The second kappa shape index (κ2) is 6.60. The summed E-state index contributed by atoms with van der Waals surface area (Å²) in [5, 5.41) is 13.6. The Balaban J connectivity index is 1.67. The van der Waals surface area contributed by atoms with Crippen molar-refractivity contribution in [2.75, 3.05) is 24.6 Å². The van der Waals surface area contributed by atoms with E-state index in [0.29, 0.717) is 5.92 Å². The van der Waals surface area contributed by atoms with Crippen molar-refractivity contribution < 1.29 is 5.11 Å². The fraction of sp³-hybridized carbons (Fsp3) is 0.600. The van der Waals surface area contributed by atoms with Crippen molar-refractivity contribution >= 4 is 11.8 Å². The summed E-state index contributed by atoms with van der Waals surface area (Å²) in [5.41, 5.74) is 0.930. The summed E-state index contributed by atoms with van der Waals surface area (Å²) < 4.78 is 0. The Bertz CT molecular complexity index is 349. The van der Waals surface area contributed by atoms with Crippen molar-refractivity contribution in [3.8, 4) is 0 Å². The van der Waals surface area contributed by atoms with Crippen LogP contribution >= 0.6 is 11.8 Å². The van der Waals surface area contributed by atoms with Gasteiger partial charge >= 0.3 is 0 Å². The molecule has 2 rings (SSSR count). The van der Waals surface area contributed by atoms with Crippen LogP contribution in [0.5, 0.6) is 0 Å². The van der Waals surface area contributed by atoms with Crippen LogP contribution in [0.25, 0.3) is 0 Å². The molecule has 1 aromatic carbocycles. The molecule has 0 bridgehead atoms. The minimum Gasteiger partial charge on any atom is -0.388 e. The van der Waals surface area contributed by atoms with E-state index in [2.05, 4.69) is 42.6 Å². The summed E-state index contributed by atoms with van der Waals surface area (Å²) in [5.74, 6) is 2.58. The van der Waals surface area contributed by atoms with Crippen molar-refractivity contribution in [2.45, 2.75) is 25.4 Å². The number of nitrogens with one attached hydrogen (secondary N) is 1. The van der Waals surface area contributed by atoms with Crippen LogP contribution in [0.1, 0.15) is 18.9 Å². The zero-order valence-corrected chi connectivity index (χ0v) is 11.9. The largest absolute Gasteiger partial charge is 0.388 e. The highest BCUT2D eigenvalue weighted by Gasteiger charge is 2.31. The lowest BCUT2D eigenvalue weighted by Crippen LogP contribution is -2.42. The molecule has 0 unspecified atom stereocenters. The Morgan fingerprint density at radius 3 is 2.83 bits per heavy atom. The van der Waals surface area contributed by atoms with E-state index >= 15 is 0 Å². The summed E-state index contributed by atoms with van der Waals surface area (Å²) in [6.45, 7) is 3.97. The standard InChI is InChI=1S/C15H23NOS/c1-13(9-14-5-3-2-4-6-14)10-16-11-15(17)7-8-18-12-15/h2-6,13,16-17H,7-12H2,1H3/t13-,15+/m1/s1. The SMILES string of the molecule is C[C@@H](CNC[C@@]1(O)CCSC1)Cc1ccccc1. The molecule has 0 saturated carbocycles. The lowest BCUT2D eigenvalue weighted by atomic mass is 10.00. The van der Waals surface area contributed by atoms with E-state index < -0.39 is 5.60 Å². The first kappa shape index (κ1) is 13.9. The summed E-state index contributed by atoms with van der Waals surface area (Å²) in [6, 6.07) is 10.6. The Morgan fingerprint density at radius 2 is 2.17 bits per heavy atom. The predicted octanol–water partition coefficient (Wildman–Crippen LogP) is 2.32. The molecule has 0 amide bonds. The molecule has 1 aromatic rings. The second-order valence-electron chi connectivity index (χ2n) is 5.45. The molecular weight excluding hydrogens is 242 g/mol. The highest BCUT2D eigenvalue weighted by atomic mass is 32.2. The van der Waals surface area contributed by atoms with E-state index in [-0.39, 0.29) is 0 Å². The molecule has 2 atom stereocenters. The molecule has 2 nitrogen and oxygen atoms in total. The minimum absolute atomic E-state index is 0.461. The van der Waals surface area contributed by atoms with Gasteiger partial charge in [0.1, 0.15) is 0 Å². The molecule has 0 spiro atoms. The Labute approximate surface area is 114 Å². The van der Waals surface area contributed by atoms with E-state index in [1.54, 1.807) is 0 Å². The average Bonchev–Trinajstić information content (AvgIpc) is 2.77. The van der Waals surface area contributed by atoms with Crippen molar-refractivity contribution in [3.63, 3.8) is 0 Å². The van der Waals surface area contributed by atoms with Crippen molar-refractivity contribution in [1.29, 1.82) is 0 Å². The summed E-state index contributed by atoms with van der Waals surface area (Å²) in [6.07, 6.45) is 2.03. The topological polar surface area (TPSA) is 32.3 Å². The maximum atomic E-state index is 10.2. The molecule has 1 fully saturated rings. The molecule has 0 radical (unpaired) electrons. The minimum atomic E-state index is -0.461. The molecule has 100 valence electrons. The van der Waals surface area contributed by atoms with Gasteiger partial charge in [0.05, 0.1) is 5.60 Å². The highest BCUT2D eigenvalue weighted by Crippen LogP contribution is 2.26. The summed E-state index contributed by atoms with van der Waals surface area (Å²) in [4.78, 5) is 0. The second-order valence-corrected chi connectivity index (χ2v) is 6.56. The van der Waals surface area contributed by atoms with Crippen molar-refractivity contribution in [1.82, 2.24) is 5.32 Å². The van der Waals surface area contributed by atoms with E-state index in [1.807, 2.05) is 11.8 Å². The molecule has 1 aliphatic heterocycles. The zero-order chi connectivity index (χ0) is 12.8. The van der Waals surface area contributed by atoms with Crippen LogP contribution in [0.3, 0.4) is 0 Å². The summed E-state index contributed by atoms with van der Waals surface area (Å²) >= 11 is 1.85. The lowest BCUT2D eigenvalue weighted by Gasteiger charge is -2.23. The first-order chi connectivity index (χ1) is 8.68. The van der Waals surface area contributed by atoms with Crippen LogP contribution < -0.4 is 5.32 Å². The van der Waals surface area contributed by atoms with Crippen molar-refractivity contribution in [3.05, 3.63) is 35.9 Å². The molecule has 1 heterocycles. The fourth-order valence-corrected chi connectivity index (χ4v) is 3.67. The molecule has 18 heavy (non-hydrogen) atoms. The number of benzene rings is 1. The molecule has 3 heteroatoms. The van der Waals surface area contributed by atoms with Gasteiger partial charge in [-0.2, -0.15) is 11.8 Å². The zero-order valence-electron chi connectivity index (χ0n) is 11.1. The van der Waals surface area contributed by atoms with Gasteiger partial charge in [0.2, 0.25) is 0 Å². The number of aliphatic hydroxyl groups is 1. The van der Waals surface area contributed by atoms with Gasteiger partial charge in [-0.15, -0.1) is 0 Å². The Morgan fingerprint density at radius 1 is 1.39 bits per heavy atom. The van der Waals surface area contributed by atoms with Gasteiger partial charge in [-0.25, -0.2) is 0 Å². The number of thioether (sulfide) groups is 1. The molecule has 1 saturated heterocycles. The normalized spacial score (nSPS) is 25.2. The summed E-state index contributed by atoms with van der Waals surface area (Å²) in [7, 11) is 0. The van der Waals surface area contributed by atoms with Gasteiger partial charge in [-0.3, -0.25) is 0 Å². The van der Waals surface area contributed by atoms with Crippen LogP contribution in [-0.4, -0.2) is 35.3 Å². The van der Waals surface area contributed by atoms with E-state index in [9.17, 15) is 5.11 Å². The quantitative estimate of drug-likeness (QED) is 0.828. The molecule has 0 aliphatic carbocycles. The maximum absolute atomic E-state index is 10.2. The number of hydrogen-bond donors (Lipinski definition) is 2. The monoisotopic (exact) mass is 265 g/mol. The van der Waals surface area contributed by atoms with E-state index in [4.69, 9.17) is 0 Å². The van der Waals surface area contributed by atoms with Gasteiger partial charge in [-0.1, -0.05) is 37.3 Å². The van der Waals surface area contributed by atoms with Gasteiger partial charge in [-0.05, 0) is 36.6 Å². The van der Waals surface area contributed by atoms with Gasteiger partial charge in [0.25, 0.3) is 0 Å². The Kier molecular flexibility index (Phi) is 5.10. The van der Waals surface area contributed by atoms with Gasteiger partial charge < -0.3 is 10.4 Å². The lowest BCUT2D eigenvalue weighted by molar-refractivity contribution is 0.0670. The first-order valence-electron chi connectivity index (χ1n) is 6.73. The fourth-order valence-electron chi connectivity index (χ4n) is 2.38. The molecule has 2 N–H and O–H groups in total. The van der Waals surface area contributed by atoms with E-state index in [1.165, 1.54) is 5.56 Å². The maximum Gasteiger partial charge on any atom is 0.0869 e. The highest BCUT2D eigenvalue weighted by molar-refractivity contribution is 7.99. The van der Waals surface area contributed by atoms with Crippen LogP contribution in [0.15, 0.2) is 30.3 Å². The third-order valence-electron chi connectivity index (χ3n) is 3.46. The van der Waals surface area contributed by atoms with E-state index in [0.717, 1.165) is 37.4 Å². The smallest absolute Gasteiger partial charge is 0.0869 e. The van der Waals surface area contributed by atoms with Crippen LogP contribution in [0, 0.1) is 5.92 Å². The third kappa shape index (κ3) is 4.30. The third-order valence-corrected chi connectivity index (χ3v) is 4.69.